The van der Waals surface area contributed by atoms with Crippen LogP contribution >= 0.6 is 12.2 Å². The summed E-state index contributed by atoms with van der Waals surface area (Å²) in [5, 5.41) is 9.05. The summed E-state index contributed by atoms with van der Waals surface area (Å²) in [7, 11) is 0. The van der Waals surface area contributed by atoms with Crippen LogP contribution < -0.4 is 11.3 Å². The number of nitriles is 1. The summed E-state index contributed by atoms with van der Waals surface area (Å²) in [5.41, 5.74) is 9.40. The maximum absolute atomic E-state index is 12.4. The van der Waals surface area contributed by atoms with Crippen molar-refractivity contribution < 1.29 is 0 Å². The van der Waals surface area contributed by atoms with Gasteiger partial charge in [-0.2, -0.15) is 5.26 Å². The summed E-state index contributed by atoms with van der Waals surface area (Å²) in [6.45, 7) is 4.43. The zero-order chi connectivity index (χ0) is 16.3. The molecule has 22 heavy (non-hydrogen) atoms. The van der Waals surface area contributed by atoms with E-state index in [-0.39, 0.29) is 11.1 Å². The largest absolute Gasteiger partial charge is 0.393 e. The van der Waals surface area contributed by atoms with Crippen molar-refractivity contribution >= 4 is 17.2 Å². The van der Waals surface area contributed by atoms with Crippen LogP contribution in [0.3, 0.4) is 0 Å². The highest BCUT2D eigenvalue weighted by Crippen LogP contribution is 2.21. The lowest BCUT2D eigenvalue weighted by Crippen LogP contribution is -2.26. The van der Waals surface area contributed by atoms with Gasteiger partial charge in [0.05, 0.1) is 10.7 Å². The summed E-state index contributed by atoms with van der Waals surface area (Å²) in [6, 6.07) is 11.3. The molecule has 0 radical (unpaired) electrons. The minimum absolute atomic E-state index is 0.121. The van der Waals surface area contributed by atoms with Crippen LogP contribution in [0.2, 0.25) is 0 Å². The van der Waals surface area contributed by atoms with Gasteiger partial charge in [-0.25, -0.2) is 0 Å². The topological polar surface area (TPSA) is 71.8 Å². The first kappa shape index (κ1) is 15.9. The molecule has 0 saturated carbocycles. The molecule has 0 spiro atoms. The van der Waals surface area contributed by atoms with Crippen molar-refractivity contribution in [3.05, 3.63) is 57.4 Å². The summed E-state index contributed by atoms with van der Waals surface area (Å²) in [6.07, 6.45) is 0.419. The number of aromatic nitrogens is 1. The van der Waals surface area contributed by atoms with Crippen molar-refractivity contribution in [3.8, 4) is 17.3 Å². The predicted molar refractivity (Wildman–Crippen MR) is 91.7 cm³/mol. The fraction of sp³-hybridized carbons (Fsp3) is 0.235. The van der Waals surface area contributed by atoms with E-state index < -0.39 is 0 Å². The van der Waals surface area contributed by atoms with E-state index in [1.165, 1.54) is 5.56 Å². The van der Waals surface area contributed by atoms with E-state index in [1.54, 1.807) is 16.7 Å². The van der Waals surface area contributed by atoms with Crippen LogP contribution in [0.15, 0.2) is 35.1 Å². The van der Waals surface area contributed by atoms with Gasteiger partial charge in [0, 0.05) is 13.0 Å². The number of nitrogens with zero attached hydrogens (tertiary/aromatic N) is 2. The SMILES string of the molecule is Cc1ccc(-c2ccc(C#N)c(=O)n2CCC(N)=S)cc1C. The van der Waals surface area contributed by atoms with E-state index in [0.29, 0.717) is 18.0 Å². The maximum atomic E-state index is 12.4. The summed E-state index contributed by atoms with van der Waals surface area (Å²) >= 11 is 4.89. The van der Waals surface area contributed by atoms with Gasteiger partial charge in [0.25, 0.3) is 5.56 Å². The molecule has 0 aliphatic heterocycles. The second-order valence-electron chi connectivity index (χ2n) is 5.22. The Morgan fingerprint density at radius 3 is 2.59 bits per heavy atom. The molecule has 1 heterocycles. The molecule has 2 N–H and O–H groups in total. The van der Waals surface area contributed by atoms with E-state index in [1.807, 2.05) is 38.1 Å². The molecule has 5 heteroatoms. The van der Waals surface area contributed by atoms with Gasteiger partial charge in [0.15, 0.2) is 0 Å². The van der Waals surface area contributed by atoms with Crippen molar-refractivity contribution in [3.63, 3.8) is 0 Å². The van der Waals surface area contributed by atoms with E-state index >= 15 is 0 Å². The number of rotatable bonds is 4. The third-order valence-corrected chi connectivity index (χ3v) is 3.88. The van der Waals surface area contributed by atoms with E-state index in [4.69, 9.17) is 23.2 Å². The Morgan fingerprint density at radius 1 is 1.27 bits per heavy atom. The van der Waals surface area contributed by atoms with Crippen LogP contribution in [0.25, 0.3) is 11.3 Å². The number of aryl methyl sites for hydroxylation is 2. The van der Waals surface area contributed by atoms with Crippen LogP contribution in [0, 0.1) is 25.2 Å². The van der Waals surface area contributed by atoms with Gasteiger partial charge in [-0.05, 0) is 48.7 Å². The molecule has 2 rings (SSSR count). The highest BCUT2D eigenvalue weighted by atomic mass is 32.1. The second kappa shape index (κ2) is 6.54. The fourth-order valence-electron chi connectivity index (χ4n) is 2.26. The first-order chi connectivity index (χ1) is 10.4. The van der Waals surface area contributed by atoms with Gasteiger partial charge in [0.2, 0.25) is 0 Å². The lowest BCUT2D eigenvalue weighted by atomic mass is 10.0. The van der Waals surface area contributed by atoms with Gasteiger partial charge < -0.3 is 10.3 Å². The number of hydrogen-bond acceptors (Lipinski definition) is 3. The van der Waals surface area contributed by atoms with Crippen molar-refractivity contribution in [2.24, 2.45) is 5.73 Å². The Hall–Kier alpha value is -2.45. The van der Waals surface area contributed by atoms with Crippen LogP contribution in [0.4, 0.5) is 0 Å². The van der Waals surface area contributed by atoms with E-state index in [0.717, 1.165) is 16.8 Å². The molecule has 1 aromatic heterocycles. The molecule has 0 amide bonds. The Kier molecular flexibility index (Phi) is 4.74. The van der Waals surface area contributed by atoms with Gasteiger partial charge in [-0.15, -0.1) is 0 Å². The smallest absolute Gasteiger partial charge is 0.268 e. The Bertz CT molecular complexity index is 831. The zero-order valence-electron chi connectivity index (χ0n) is 12.6. The molecule has 0 atom stereocenters. The van der Waals surface area contributed by atoms with Crippen LogP contribution in [-0.4, -0.2) is 9.56 Å². The normalized spacial score (nSPS) is 10.2. The number of benzene rings is 1. The lowest BCUT2D eigenvalue weighted by molar-refractivity contribution is 0.701. The summed E-state index contributed by atoms with van der Waals surface area (Å²) in [5.74, 6) is 0. The minimum Gasteiger partial charge on any atom is -0.393 e. The molecule has 112 valence electrons. The average Bonchev–Trinajstić information content (AvgIpc) is 2.48. The number of nitrogens with two attached hydrogens (primary N) is 1. The first-order valence-corrected chi connectivity index (χ1v) is 7.34. The van der Waals surface area contributed by atoms with E-state index in [9.17, 15) is 4.79 Å². The highest BCUT2D eigenvalue weighted by Gasteiger charge is 2.11. The van der Waals surface area contributed by atoms with Crippen LogP contribution in [0.1, 0.15) is 23.1 Å². The van der Waals surface area contributed by atoms with E-state index in [2.05, 4.69) is 0 Å². The van der Waals surface area contributed by atoms with Crippen LogP contribution in [0.5, 0.6) is 0 Å². The lowest BCUT2D eigenvalue weighted by Gasteiger charge is -2.14. The second-order valence-corrected chi connectivity index (χ2v) is 5.74. The zero-order valence-corrected chi connectivity index (χ0v) is 13.4. The molecular formula is C17H17N3OS. The number of pyridine rings is 1. The van der Waals surface area contributed by atoms with Gasteiger partial charge in [-0.3, -0.25) is 4.79 Å². The Balaban J connectivity index is 2.61. The standard InChI is InChI=1S/C17H17N3OS/c1-11-3-4-13(9-12(11)2)15-6-5-14(10-18)17(21)20(15)8-7-16(19)22/h3-6,9H,7-8H2,1-2H3,(H2,19,22). The average molecular weight is 311 g/mol. The molecule has 0 aliphatic rings. The molecule has 4 nitrogen and oxygen atoms in total. The third kappa shape index (κ3) is 3.23. The molecular weight excluding hydrogens is 294 g/mol. The summed E-state index contributed by atoms with van der Waals surface area (Å²) < 4.78 is 1.57. The monoisotopic (exact) mass is 311 g/mol. The molecule has 0 aliphatic carbocycles. The van der Waals surface area contributed by atoms with Gasteiger partial charge in [0.1, 0.15) is 11.6 Å². The number of hydrogen-bond donors (Lipinski definition) is 1. The van der Waals surface area contributed by atoms with Crippen molar-refractivity contribution in [2.75, 3.05) is 0 Å². The van der Waals surface area contributed by atoms with Crippen molar-refractivity contribution in [1.82, 2.24) is 4.57 Å². The van der Waals surface area contributed by atoms with Crippen molar-refractivity contribution in [1.29, 1.82) is 5.26 Å². The minimum atomic E-state index is -0.311. The van der Waals surface area contributed by atoms with Gasteiger partial charge in [-0.1, -0.05) is 24.4 Å². The molecule has 0 fully saturated rings. The number of thiocarbonyl (C=S) groups is 1. The third-order valence-electron chi connectivity index (χ3n) is 3.68. The quantitative estimate of drug-likeness (QED) is 0.881. The van der Waals surface area contributed by atoms with Crippen molar-refractivity contribution in [2.45, 2.75) is 26.8 Å². The molecule has 0 saturated heterocycles. The maximum Gasteiger partial charge on any atom is 0.268 e. The predicted octanol–water partition coefficient (Wildman–Crippen LogP) is 2.68. The molecule has 2 aromatic rings. The molecule has 0 unspecified atom stereocenters. The summed E-state index contributed by atoms with van der Waals surface area (Å²) in [4.78, 5) is 12.8. The molecule has 0 bridgehead atoms. The van der Waals surface area contributed by atoms with Gasteiger partial charge >= 0.3 is 0 Å². The Labute approximate surface area is 134 Å². The highest BCUT2D eigenvalue weighted by molar-refractivity contribution is 7.80. The first-order valence-electron chi connectivity index (χ1n) is 6.94. The Morgan fingerprint density at radius 2 is 2.00 bits per heavy atom. The fourth-order valence-corrected chi connectivity index (χ4v) is 2.35. The molecule has 1 aromatic carbocycles. The van der Waals surface area contributed by atoms with Crippen LogP contribution in [-0.2, 0) is 6.54 Å².